The SMILES string of the molecule is CC(C)OC(=O)C1(C(O)OC(C)C)CC=C(B2OC(C)(C)C(C)(C)O2)CC1. The van der Waals surface area contributed by atoms with E-state index in [0.717, 1.165) is 5.47 Å². The molecular weight excluding hydrogens is 347 g/mol. The first-order valence-corrected chi connectivity index (χ1v) is 9.90. The third-order valence-electron chi connectivity index (χ3n) is 5.77. The summed E-state index contributed by atoms with van der Waals surface area (Å²) in [7, 11) is -0.433. The fourth-order valence-corrected chi connectivity index (χ4v) is 3.32. The van der Waals surface area contributed by atoms with Crippen LogP contribution >= 0.6 is 0 Å². The number of hydrogen-bond donors (Lipinski definition) is 1. The van der Waals surface area contributed by atoms with Crippen LogP contribution in [0.25, 0.3) is 0 Å². The molecule has 2 aliphatic rings. The van der Waals surface area contributed by atoms with E-state index in [0.29, 0.717) is 19.3 Å². The van der Waals surface area contributed by atoms with Gasteiger partial charge in [-0.2, -0.15) is 0 Å². The maximum atomic E-state index is 12.8. The maximum absolute atomic E-state index is 12.8. The molecule has 27 heavy (non-hydrogen) atoms. The van der Waals surface area contributed by atoms with Gasteiger partial charge in [-0.05, 0) is 80.1 Å². The number of ether oxygens (including phenoxy) is 2. The fourth-order valence-electron chi connectivity index (χ4n) is 3.32. The molecule has 1 N–H and O–H groups in total. The van der Waals surface area contributed by atoms with E-state index in [4.69, 9.17) is 18.8 Å². The van der Waals surface area contributed by atoms with Crippen LogP contribution in [-0.2, 0) is 23.6 Å². The molecule has 1 heterocycles. The van der Waals surface area contributed by atoms with E-state index in [2.05, 4.69) is 0 Å². The average molecular weight is 382 g/mol. The Labute approximate surface area is 163 Å². The Kier molecular flexibility index (Phi) is 6.52. The van der Waals surface area contributed by atoms with Crippen LogP contribution in [0.1, 0.15) is 74.7 Å². The molecule has 0 amide bonds. The van der Waals surface area contributed by atoms with Crippen molar-refractivity contribution in [3.8, 4) is 0 Å². The van der Waals surface area contributed by atoms with Gasteiger partial charge in [0.05, 0.1) is 23.4 Å². The maximum Gasteiger partial charge on any atom is 0.490 e. The number of hydrogen-bond acceptors (Lipinski definition) is 6. The van der Waals surface area contributed by atoms with Gasteiger partial charge in [0, 0.05) is 0 Å². The molecular formula is C20H35BO6. The second kappa shape index (κ2) is 7.86. The van der Waals surface area contributed by atoms with Gasteiger partial charge in [0.1, 0.15) is 5.41 Å². The molecule has 0 saturated carbocycles. The number of carbonyl (C=O) groups is 1. The first kappa shape index (κ1) is 22.4. The summed E-state index contributed by atoms with van der Waals surface area (Å²) in [4.78, 5) is 12.8. The van der Waals surface area contributed by atoms with Crippen LogP contribution < -0.4 is 0 Å². The van der Waals surface area contributed by atoms with Crippen LogP contribution in [0.4, 0.5) is 0 Å². The summed E-state index contributed by atoms with van der Waals surface area (Å²) in [5.74, 6) is -0.421. The highest BCUT2D eigenvalue weighted by atomic mass is 16.7. The summed E-state index contributed by atoms with van der Waals surface area (Å²) >= 11 is 0. The van der Waals surface area contributed by atoms with Crippen molar-refractivity contribution in [2.75, 3.05) is 0 Å². The van der Waals surface area contributed by atoms with Crippen molar-refractivity contribution in [1.82, 2.24) is 0 Å². The van der Waals surface area contributed by atoms with Gasteiger partial charge in [-0.1, -0.05) is 6.08 Å². The summed E-state index contributed by atoms with van der Waals surface area (Å²) in [5, 5.41) is 10.7. The van der Waals surface area contributed by atoms with Crippen molar-refractivity contribution in [2.45, 2.75) is 104 Å². The normalized spacial score (nSPS) is 28.4. The molecule has 1 aliphatic heterocycles. The average Bonchev–Trinajstić information content (AvgIpc) is 2.74. The second-order valence-corrected chi connectivity index (χ2v) is 9.22. The van der Waals surface area contributed by atoms with Crippen LogP contribution in [0.5, 0.6) is 0 Å². The lowest BCUT2D eigenvalue weighted by Crippen LogP contribution is -2.48. The first-order chi connectivity index (χ1) is 12.3. The topological polar surface area (TPSA) is 74.2 Å². The molecule has 154 valence electrons. The number of aliphatic hydroxyl groups excluding tert-OH is 1. The lowest BCUT2D eigenvalue weighted by Gasteiger charge is -2.39. The van der Waals surface area contributed by atoms with Crippen molar-refractivity contribution in [2.24, 2.45) is 5.41 Å². The molecule has 2 atom stereocenters. The third-order valence-corrected chi connectivity index (χ3v) is 5.77. The highest BCUT2D eigenvalue weighted by molar-refractivity contribution is 6.54. The molecule has 0 aromatic rings. The zero-order valence-corrected chi connectivity index (χ0v) is 18.0. The zero-order chi connectivity index (χ0) is 20.6. The van der Waals surface area contributed by atoms with Gasteiger partial charge < -0.3 is 23.9 Å². The van der Waals surface area contributed by atoms with E-state index < -0.39 is 36.0 Å². The predicted molar refractivity (Wildman–Crippen MR) is 104 cm³/mol. The molecule has 1 aliphatic carbocycles. The van der Waals surface area contributed by atoms with Crippen molar-refractivity contribution in [3.05, 3.63) is 11.5 Å². The van der Waals surface area contributed by atoms with E-state index in [1.165, 1.54) is 0 Å². The van der Waals surface area contributed by atoms with E-state index in [9.17, 15) is 9.90 Å². The molecule has 0 aromatic heterocycles. The quantitative estimate of drug-likeness (QED) is 0.431. The minimum absolute atomic E-state index is 0.197. The van der Waals surface area contributed by atoms with Gasteiger partial charge in [-0.25, -0.2) is 0 Å². The first-order valence-electron chi connectivity index (χ1n) is 9.90. The van der Waals surface area contributed by atoms with Gasteiger partial charge in [-0.15, -0.1) is 0 Å². The summed E-state index contributed by atoms with van der Waals surface area (Å²) < 4.78 is 23.3. The summed E-state index contributed by atoms with van der Waals surface area (Å²) in [5.41, 5.74) is -0.937. The molecule has 1 fully saturated rings. The van der Waals surface area contributed by atoms with Crippen molar-refractivity contribution in [3.63, 3.8) is 0 Å². The summed E-state index contributed by atoms with van der Waals surface area (Å²) in [6.07, 6.45) is 1.59. The molecule has 0 aromatic carbocycles. The molecule has 0 bridgehead atoms. The lowest BCUT2D eigenvalue weighted by atomic mass is 9.65. The Morgan fingerprint density at radius 2 is 1.67 bits per heavy atom. The number of esters is 1. The molecule has 7 heteroatoms. The molecule has 6 nitrogen and oxygen atoms in total. The number of allylic oxidation sites excluding steroid dienone is 2. The predicted octanol–water partition coefficient (Wildman–Crippen LogP) is 3.41. The summed E-state index contributed by atoms with van der Waals surface area (Å²) in [6, 6.07) is 0. The Hall–Kier alpha value is -0.885. The van der Waals surface area contributed by atoms with Crippen molar-refractivity contribution < 1.29 is 28.7 Å². The summed E-state index contributed by atoms with van der Waals surface area (Å²) in [6.45, 7) is 15.3. The van der Waals surface area contributed by atoms with Gasteiger partial charge in [0.25, 0.3) is 0 Å². The lowest BCUT2D eigenvalue weighted by molar-refractivity contribution is -0.216. The van der Waals surface area contributed by atoms with Gasteiger partial charge in [0.15, 0.2) is 6.29 Å². The van der Waals surface area contributed by atoms with Crippen molar-refractivity contribution >= 4 is 13.1 Å². The van der Waals surface area contributed by atoms with E-state index >= 15 is 0 Å². The minimum atomic E-state index is -1.22. The standard InChI is InChI=1S/C20H35BO6/c1-13(2)24-16(22)20(17(23)25-14(3)4)11-9-15(10-12-20)21-26-18(5,6)19(7,8)27-21/h9,13-14,16,22H,10-12H2,1-8H3. The second-order valence-electron chi connectivity index (χ2n) is 9.22. The van der Waals surface area contributed by atoms with Gasteiger partial charge in [-0.3, -0.25) is 4.79 Å². The van der Waals surface area contributed by atoms with Crippen LogP contribution in [0.15, 0.2) is 11.5 Å². The third kappa shape index (κ3) is 4.58. The monoisotopic (exact) mass is 382 g/mol. The molecule has 1 saturated heterocycles. The highest BCUT2D eigenvalue weighted by Crippen LogP contribution is 2.45. The van der Waals surface area contributed by atoms with Crippen LogP contribution in [0.3, 0.4) is 0 Å². The molecule has 0 radical (unpaired) electrons. The van der Waals surface area contributed by atoms with Crippen LogP contribution in [0.2, 0.25) is 0 Å². The van der Waals surface area contributed by atoms with Crippen LogP contribution in [0, 0.1) is 5.41 Å². The molecule has 2 rings (SSSR count). The highest BCUT2D eigenvalue weighted by Gasteiger charge is 2.55. The smallest absolute Gasteiger partial charge is 0.462 e. The number of rotatable bonds is 6. The largest absolute Gasteiger partial charge is 0.490 e. The van der Waals surface area contributed by atoms with Crippen LogP contribution in [-0.4, -0.2) is 47.9 Å². The van der Waals surface area contributed by atoms with Gasteiger partial charge >= 0.3 is 13.1 Å². The Bertz CT molecular complexity index is 567. The van der Waals surface area contributed by atoms with E-state index in [-0.39, 0.29) is 12.2 Å². The number of carbonyl (C=O) groups excluding carboxylic acids is 1. The fraction of sp³-hybridized carbons (Fsp3) is 0.850. The molecule has 0 spiro atoms. The Morgan fingerprint density at radius 3 is 2.07 bits per heavy atom. The van der Waals surface area contributed by atoms with E-state index in [1.54, 1.807) is 13.8 Å². The molecule has 2 unspecified atom stereocenters. The van der Waals surface area contributed by atoms with Crippen molar-refractivity contribution in [1.29, 1.82) is 0 Å². The minimum Gasteiger partial charge on any atom is -0.462 e. The Balaban J connectivity index is 2.22. The van der Waals surface area contributed by atoms with Gasteiger partial charge in [0.2, 0.25) is 0 Å². The van der Waals surface area contributed by atoms with E-state index in [1.807, 2.05) is 47.6 Å². The zero-order valence-electron chi connectivity index (χ0n) is 18.0. The Morgan fingerprint density at radius 1 is 1.11 bits per heavy atom. The number of aliphatic hydroxyl groups is 1.